The van der Waals surface area contributed by atoms with E-state index in [1.165, 1.54) is 4.31 Å². The zero-order valence-corrected chi connectivity index (χ0v) is 14.4. The number of ether oxygens (including phenoxy) is 1. The lowest BCUT2D eigenvalue weighted by atomic mass is 10.1. The van der Waals surface area contributed by atoms with Crippen molar-refractivity contribution in [2.45, 2.75) is 5.75 Å². The standard InChI is InChI=1S/C17H19N3O4S/c21-17(19-16-2-1-7-18-12-16)15-5-3-14(4-6-15)13-25(22,23)20-8-10-24-11-9-20/h1-7,12H,8-11,13H2,(H,19,21). The summed E-state index contributed by atoms with van der Waals surface area (Å²) in [4.78, 5) is 16.1. The van der Waals surface area contributed by atoms with Gasteiger partial charge in [-0.2, -0.15) is 4.31 Å². The number of benzene rings is 1. The summed E-state index contributed by atoms with van der Waals surface area (Å²) in [5.74, 6) is -0.354. The average Bonchev–Trinajstić information content (AvgIpc) is 2.63. The Hall–Kier alpha value is -2.29. The van der Waals surface area contributed by atoms with Crippen molar-refractivity contribution in [2.75, 3.05) is 31.6 Å². The molecule has 2 aromatic rings. The third-order valence-electron chi connectivity index (χ3n) is 3.85. The smallest absolute Gasteiger partial charge is 0.255 e. The minimum atomic E-state index is -3.37. The summed E-state index contributed by atoms with van der Waals surface area (Å²) >= 11 is 0. The number of aromatic nitrogens is 1. The molecule has 2 heterocycles. The number of nitrogens with one attached hydrogen (secondary N) is 1. The van der Waals surface area contributed by atoms with E-state index in [0.29, 0.717) is 43.1 Å². The van der Waals surface area contributed by atoms with E-state index in [9.17, 15) is 13.2 Å². The van der Waals surface area contributed by atoms with Gasteiger partial charge >= 0.3 is 0 Å². The molecular weight excluding hydrogens is 342 g/mol. The Balaban J connectivity index is 1.64. The average molecular weight is 361 g/mol. The minimum absolute atomic E-state index is 0.0858. The number of rotatable bonds is 5. The molecule has 1 aromatic carbocycles. The van der Waals surface area contributed by atoms with E-state index in [1.807, 2.05) is 0 Å². The van der Waals surface area contributed by atoms with Gasteiger partial charge in [0, 0.05) is 24.8 Å². The number of nitrogens with zero attached hydrogens (tertiary/aromatic N) is 2. The van der Waals surface area contributed by atoms with Gasteiger partial charge in [0.05, 0.1) is 30.9 Å². The number of pyridine rings is 1. The van der Waals surface area contributed by atoms with E-state index in [0.717, 1.165) is 0 Å². The molecule has 25 heavy (non-hydrogen) atoms. The normalized spacial score (nSPS) is 15.7. The Morgan fingerprint density at radius 2 is 1.88 bits per heavy atom. The summed E-state index contributed by atoms with van der Waals surface area (Å²) in [6, 6.07) is 10.0. The monoisotopic (exact) mass is 361 g/mol. The van der Waals surface area contributed by atoms with Gasteiger partial charge in [0.15, 0.2) is 0 Å². The topological polar surface area (TPSA) is 88.6 Å². The number of hydrogen-bond acceptors (Lipinski definition) is 5. The summed E-state index contributed by atoms with van der Waals surface area (Å²) in [5.41, 5.74) is 1.70. The molecule has 3 rings (SSSR count). The fourth-order valence-corrected chi connectivity index (χ4v) is 4.02. The highest BCUT2D eigenvalue weighted by atomic mass is 32.2. The van der Waals surface area contributed by atoms with Gasteiger partial charge in [0.1, 0.15) is 0 Å². The van der Waals surface area contributed by atoms with Crippen molar-refractivity contribution in [1.29, 1.82) is 0 Å². The first-order valence-electron chi connectivity index (χ1n) is 7.90. The summed E-state index contributed by atoms with van der Waals surface area (Å²) in [6.45, 7) is 1.61. The lowest BCUT2D eigenvalue weighted by Gasteiger charge is -2.26. The van der Waals surface area contributed by atoms with Gasteiger partial charge in [0.2, 0.25) is 10.0 Å². The van der Waals surface area contributed by atoms with E-state index in [2.05, 4.69) is 10.3 Å². The van der Waals surface area contributed by atoms with Crippen LogP contribution in [0.3, 0.4) is 0 Å². The molecule has 0 spiro atoms. The molecule has 0 radical (unpaired) electrons. The summed E-state index contributed by atoms with van der Waals surface area (Å²) in [7, 11) is -3.37. The Kier molecular flexibility index (Phi) is 5.42. The van der Waals surface area contributed by atoms with Crippen LogP contribution in [0, 0.1) is 0 Å². The number of hydrogen-bond donors (Lipinski definition) is 1. The van der Waals surface area contributed by atoms with Gasteiger partial charge in [-0.15, -0.1) is 0 Å². The molecule has 1 aliphatic rings. The van der Waals surface area contributed by atoms with Gasteiger partial charge in [-0.3, -0.25) is 9.78 Å². The molecule has 0 saturated carbocycles. The SMILES string of the molecule is O=C(Nc1cccnc1)c1ccc(CS(=O)(=O)N2CCOCC2)cc1. The van der Waals surface area contributed by atoms with Gasteiger partial charge in [-0.05, 0) is 29.8 Å². The zero-order valence-electron chi connectivity index (χ0n) is 13.6. The molecule has 1 amide bonds. The number of carbonyl (C=O) groups is 1. The lowest BCUT2D eigenvalue weighted by molar-refractivity contribution is 0.0729. The Bertz CT molecular complexity index is 817. The zero-order chi connectivity index (χ0) is 17.7. The number of carbonyl (C=O) groups excluding carboxylic acids is 1. The van der Waals surface area contributed by atoms with E-state index in [1.54, 1.807) is 48.8 Å². The summed E-state index contributed by atoms with van der Waals surface area (Å²) in [6.07, 6.45) is 3.18. The molecule has 1 saturated heterocycles. The van der Waals surface area contributed by atoms with Crippen molar-refractivity contribution in [3.05, 3.63) is 59.9 Å². The molecule has 0 unspecified atom stereocenters. The van der Waals surface area contributed by atoms with Crippen molar-refractivity contribution in [2.24, 2.45) is 0 Å². The summed E-state index contributed by atoms with van der Waals surface area (Å²) < 4.78 is 31.4. The maximum atomic E-state index is 12.4. The van der Waals surface area contributed by atoms with Crippen molar-refractivity contribution in [1.82, 2.24) is 9.29 Å². The van der Waals surface area contributed by atoms with E-state index >= 15 is 0 Å². The van der Waals surface area contributed by atoms with E-state index in [-0.39, 0.29) is 11.7 Å². The molecule has 0 aliphatic carbocycles. The Morgan fingerprint density at radius 3 is 2.52 bits per heavy atom. The van der Waals surface area contributed by atoms with Crippen molar-refractivity contribution in [3.8, 4) is 0 Å². The largest absolute Gasteiger partial charge is 0.379 e. The molecule has 1 aromatic heterocycles. The van der Waals surface area contributed by atoms with Crippen molar-refractivity contribution >= 4 is 21.6 Å². The second-order valence-corrected chi connectivity index (χ2v) is 7.63. The van der Waals surface area contributed by atoms with Crippen LogP contribution in [-0.2, 0) is 20.5 Å². The van der Waals surface area contributed by atoms with Gasteiger partial charge in [-0.25, -0.2) is 8.42 Å². The van der Waals surface area contributed by atoms with Crippen molar-refractivity contribution in [3.63, 3.8) is 0 Å². The lowest BCUT2D eigenvalue weighted by Crippen LogP contribution is -2.41. The Morgan fingerprint density at radius 1 is 1.16 bits per heavy atom. The maximum absolute atomic E-state index is 12.4. The molecule has 1 fully saturated rings. The predicted octanol–water partition coefficient (Wildman–Crippen LogP) is 1.50. The van der Waals surface area contributed by atoms with E-state index < -0.39 is 10.0 Å². The van der Waals surface area contributed by atoms with Crippen LogP contribution in [0.1, 0.15) is 15.9 Å². The molecule has 1 aliphatic heterocycles. The molecule has 132 valence electrons. The highest BCUT2D eigenvalue weighted by Crippen LogP contribution is 2.14. The summed E-state index contributed by atoms with van der Waals surface area (Å²) in [5, 5.41) is 2.74. The minimum Gasteiger partial charge on any atom is -0.379 e. The first kappa shape index (κ1) is 17.5. The number of morpholine rings is 1. The highest BCUT2D eigenvalue weighted by Gasteiger charge is 2.24. The second kappa shape index (κ2) is 7.73. The van der Waals surface area contributed by atoms with Crippen LogP contribution in [0.25, 0.3) is 0 Å². The highest BCUT2D eigenvalue weighted by molar-refractivity contribution is 7.88. The first-order chi connectivity index (χ1) is 12.0. The van der Waals surface area contributed by atoms with Crippen LogP contribution in [-0.4, -0.2) is 49.9 Å². The van der Waals surface area contributed by atoms with Gasteiger partial charge in [0.25, 0.3) is 5.91 Å². The van der Waals surface area contributed by atoms with Crippen LogP contribution in [0.2, 0.25) is 0 Å². The first-order valence-corrected chi connectivity index (χ1v) is 9.51. The third-order valence-corrected chi connectivity index (χ3v) is 5.70. The third kappa shape index (κ3) is 4.62. The van der Waals surface area contributed by atoms with Crippen LogP contribution in [0.15, 0.2) is 48.8 Å². The molecular formula is C17H19N3O4S. The molecule has 1 N–H and O–H groups in total. The van der Waals surface area contributed by atoms with Crippen LogP contribution in [0.4, 0.5) is 5.69 Å². The molecule has 7 nitrogen and oxygen atoms in total. The fourth-order valence-electron chi connectivity index (χ4n) is 2.52. The van der Waals surface area contributed by atoms with Crippen LogP contribution < -0.4 is 5.32 Å². The maximum Gasteiger partial charge on any atom is 0.255 e. The second-order valence-electron chi connectivity index (χ2n) is 5.66. The van der Waals surface area contributed by atoms with Crippen LogP contribution >= 0.6 is 0 Å². The predicted molar refractivity (Wildman–Crippen MR) is 93.6 cm³/mol. The van der Waals surface area contributed by atoms with Gasteiger partial charge in [-0.1, -0.05) is 12.1 Å². The molecule has 8 heteroatoms. The van der Waals surface area contributed by atoms with Crippen molar-refractivity contribution < 1.29 is 17.9 Å². The molecule has 0 bridgehead atoms. The Labute approximate surface area is 146 Å². The number of sulfonamides is 1. The fraction of sp³-hybridized carbons (Fsp3) is 0.294. The number of amides is 1. The quantitative estimate of drug-likeness (QED) is 0.872. The van der Waals surface area contributed by atoms with Gasteiger partial charge < -0.3 is 10.1 Å². The van der Waals surface area contributed by atoms with E-state index in [4.69, 9.17) is 4.74 Å². The number of anilines is 1. The van der Waals surface area contributed by atoms with Crippen LogP contribution in [0.5, 0.6) is 0 Å². The molecule has 0 atom stereocenters.